The summed E-state index contributed by atoms with van der Waals surface area (Å²) in [7, 11) is 0. The molecule has 0 saturated heterocycles. The summed E-state index contributed by atoms with van der Waals surface area (Å²) in [5.41, 5.74) is -1.67. The number of hydrogen-bond donors (Lipinski definition) is 2. The van der Waals surface area contributed by atoms with Crippen LogP contribution in [-0.4, -0.2) is 11.9 Å². The van der Waals surface area contributed by atoms with E-state index in [1.54, 1.807) is 0 Å². The third-order valence-corrected chi connectivity index (χ3v) is 1.99. The Labute approximate surface area is 90.1 Å². The van der Waals surface area contributed by atoms with Crippen LogP contribution in [0.4, 0.5) is 0 Å². The zero-order chi connectivity index (χ0) is 7.78. The van der Waals surface area contributed by atoms with Crippen molar-refractivity contribution in [1.82, 2.24) is 12.3 Å². The third-order valence-electron chi connectivity index (χ3n) is 1.99. The summed E-state index contributed by atoms with van der Waals surface area (Å²) in [6, 6.07) is 0. The Morgan fingerprint density at radius 1 is 1.00 bits per heavy atom. The molecule has 1 saturated carbocycles. The zero-order valence-electron chi connectivity index (χ0n) is 6.98. The summed E-state index contributed by atoms with van der Waals surface area (Å²) < 4.78 is 0. The van der Waals surface area contributed by atoms with E-state index in [4.69, 9.17) is 0 Å². The minimum Gasteiger partial charge on any atom is -0.549 e. The second kappa shape index (κ2) is 6.07. The van der Waals surface area contributed by atoms with Crippen molar-refractivity contribution in [2.45, 2.75) is 19.3 Å². The molecule has 0 amide bonds. The van der Waals surface area contributed by atoms with Crippen molar-refractivity contribution in [2.75, 3.05) is 0 Å². The molecule has 13 heavy (non-hydrogen) atoms. The molecule has 1 aliphatic rings. The molecule has 0 atom stereocenters. The fourth-order valence-electron chi connectivity index (χ4n) is 1.02. The molecule has 0 aromatic heterocycles. The predicted octanol–water partition coefficient (Wildman–Crippen LogP) is -2.02. The van der Waals surface area contributed by atoms with Crippen LogP contribution in [0.3, 0.4) is 0 Å². The van der Waals surface area contributed by atoms with Crippen LogP contribution in [0.15, 0.2) is 0 Å². The first kappa shape index (κ1) is 18.4. The molecule has 1 aliphatic carbocycles. The first-order valence-corrected chi connectivity index (χ1v) is 3.02. The van der Waals surface area contributed by atoms with Crippen LogP contribution in [0.25, 0.3) is 0 Å². The number of carbonyl (C=O) groups excluding carboxylic acids is 2. The second-order valence-electron chi connectivity index (χ2n) is 2.51. The molecular formula is C6H12N2O4Pt+2. The molecule has 0 aliphatic heterocycles. The Morgan fingerprint density at radius 2 is 1.31 bits per heavy atom. The summed E-state index contributed by atoms with van der Waals surface area (Å²) in [4.78, 5) is 20.4. The van der Waals surface area contributed by atoms with Crippen molar-refractivity contribution < 1.29 is 40.9 Å². The molecule has 0 heterocycles. The second-order valence-corrected chi connectivity index (χ2v) is 2.51. The van der Waals surface area contributed by atoms with Crippen LogP contribution in [0, 0.1) is 5.41 Å². The predicted molar refractivity (Wildman–Crippen MR) is 36.3 cm³/mol. The van der Waals surface area contributed by atoms with Crippen molar-refractivity contribution in [3.05, 3.63) is 0 Å². The van der Waals surface area contributed by atoms with Crippen LogP contribution in [0.1, 0.15) is 19.3 Å². The molecule has 1 rings (SSSR count). The summed E-state index contributed by atoms with van der Waals surface area (Å²) in [5.74, 6) is -3.03. The van der Waals surface area contributed by atoms with E-state index in [1.807, 2.05) is 0 Å². The number of hydrogen-bond acceptors (Lipinski definition) is 6. The van der Waals surface area contributed by atoms with Crippen molar-refractivity contribution in [2.24, 2.45) is 5.41 Å². The van der Waals surface area contributed by atoms with Gasteiger partial charge >= 0.3 is 21.1 Å². The van der Waals surface area contributed by atoms with E-state index < -0.39 is 17.4 Å². The van der Waals surface area contributed by atoms with Gasteiger partial charge in [0.2, 0.25) is 0 Å². The maximum atomic E-state index is 10.2. The molecule has 0 bridgehead atoms. The molecule has 0 unspecified atom stereocenters. The van der Waals surface area contributed by atoms with Crippen LogP contribution < -0.4 is 22.5 Å². The smallest absolute Gasteiger partial charge is 0.549 e. The molecule has 0 aromatic rings. The van der Waals surface area contributed by atoms with Crippen LogP contribution in [-0.2, 0) is 30.7 Å². The monoisotopic (exact) mass is 371 g/mol. The first-order chi connectivity index (χ1) is 4.59. The van der Waals surface area contributed by atoms with E-state index >= 15 is 0 Å². The summed E-state index contributed by atoms with van der Waals surface area (Å²) in [5, 5.41) is 20.4. The van der Waals surface area contributed by atoms with Gasteiger partial charge in [0.05, 0.1) is 11.9 Å². The fourth-order valence-corrected chi connectivity index (χ4v) is 1.02. The van der Waals surface area contributed by atoms with E-state index in [0.717, 1.165) is 0 Å². The van der Waals surface area contributed by atoms with E-state index in [1.165, 1.54) is 0 Å². The largest absolute Gasteiger partial charge is 4.00 e. The van der Waals surface area contributed by atoms with Crippen LogP contribution in [0.2, 0.25) is 0 Å². The van der Waals surface area contributed by atoms with Gasteiger partial charge in [0, 0.05) is 5.41 Å². The van der Waals surface area contributed by atoms with E-state index in [9.17, 15) is 19.8 Å². The van der Waals surface area contributed by atoms with Gasteiger partial charge in [-0.1, -0.05) is 6.42 Å². The molecule has 78 valence electrons. The van der Waals surface area contributed by atoms with Gasteiger partial charge in [0.1, 0.15) is 0 Å². The first-order valence-electron chi connectivity index (χ1n) is 3.02. The standard InChI is InChI=1S/C6H8O4.2H3N.Pt/c7-4(8)6(5(9)10)2-1-3-6;;;/h1-3H2,(H,7,8)(H,9,10);2*1H3;/q;;;+4/p-2. The van der Waals surface area contributed by atoms with Crippen LogP contribution >= 0.6 is 0 Å². The molecule has 0 radical (unpaired) electrons. The Bertz CT molecular complexity index is 177. The Morgan fingerprint density at radius 3 is 1.31 bits per heavy atom. The topological polar surface area (TPSA) is 150 Å². The Hall–Kier alpha value is -0.452. The quantitative estimate of drug-likeness (QED) is 0.535. The Balaban J connectivity index is -0.000000333. The van der Waals surface area contributed by atoms with E-state index in [-0.39, 0.29) is 46.2 Å². The number of carboxylic acid groups (broad SMARTS) is 2. The van der Waals surface area contributed by atoms with Gasteiger partial charge < -0.3 is 32.1 Å². The Kier molecular flexibility index (Phi) is 8.57. The average Bonchev–Trinajstić information content (AvgIpc) is 1.57. The number of rotatable bonds is 2. The molecular weight excluding hydrogens is 359 g/mol. The van der Waals surface area contributed by atoms with Gasteiger partial charge in [-0.3, -0.25) is 0 Å². The fraction of sp³-hybridized carbons (Fsp3) is 0.667. The maximum absolute atomic E-state index is 10.2. The molecule has 6 N–H and O–H groups in total. The van der Waals surface area contributed by atoms with Crippen molar-refractivity contribution in [3.8, 4) is 0 Å². The maximum Gasteiger partial charge on any atom is 4.00 e. The summed E-state index contributed by atoms with van der Waals surface area (Å²) >= 11 is 0. The normalized spacial score (nSPS) is 16.3. The van der Waals surface area contributed by atoms with Crippen molar-refractivity contribution in [1.29, 1.82) is 0 Å². The molecule has 1 fully saturated rings. The molecule has 6 nitrogen and oxygen atoms in total. The van der Waals surface area contributed by atoms with Gasteiger partial charge in [-0.25, -0.2) is 0 Å². The molecule has 0 spiro atoms. The van der Waals surface area contributed by atoms with Gasteiger partial charge in [-0.2, -0.15) is 0 Å². The third kappa shape index (κ3) is 2.76. The summed E-state index contributed by atoms with van der Waals surface area (Å²) in [6.07, 6.45) is 0.928. The average molecular weight is 371 g/mol. The SMILES string of the molecule is N.N.O=C([O-])C1(C(=O)[O-])CCC1.[Pt+4]. The van der Waals surface area contributed by atoms with Gasteiger partial charge in [-0.15, -0.1) is 0 Å². The molecule has 7 heteroatoms. The van der Waals surface area contributed by atoms with Crippen molar-refractivity contribution >= 4 is 11.9 Å². The van der Waals surface area contributed by atoms with Gasteiger partial charge in [-0.05, 0) is 12.8 Å². The number of aliphatic carboxylic acids is 2. The number of carboxylic acids is 2. The minimum atomic E-state index is -1.67. The van der Waals surface area contributed by atoms with Crippen LogP contribution in [0.5, 0.6) is 0 Å². The molecule has 0 aromatic carbocycles. The summed E-state index contributed by atoms with van der Waals surface area (Å²) in [6.45, 7) is 0. The zero-order valence-corrected chi connectivity index (χ0v) is 9.26. The van der Waals surface area contributed by atoms with E-state index in [0.29, 0.717) is 6.42 Å². The number of carbonyl (C=O) groups is 2. The van der Waals surface area contributed by atoms with Crippen molar-refractivity contribution in [3.63, 3.8) is 0 Å². The van der Waals surface area contributed by atoms with Gasteiger partial charge in [0.15, 0.2) is 0 Å². The van der Waals surface area contributed by atoms with E-state index in [2.05, 4.69) is 0 Å². The van der Waals surface area contributed by atoms with Gasteiger partial charge in [0.25, 0.3) is 0 Å². The minimum absolute atomic E-state index is 0.